The normalized spacial score (nSPS) is 12.1. The molecule has 0 aliphatic rings. The molecule has 0 aromatic carbocycles. The van der Waals surface area contributed by atoms with Crippen molar-refractivity contribution in [2.75, 3.05) is 6.16 Å². The lowest BCUT2D eigenvalue weighted by Gasteiger charge is -1.91. The summed E-state index contributed by atoms with van der Waals surface area (Å²) in [5, 5.41) is 0. The first-order valence-electron chi connectivity index (χ1n) is 3.39. The van der Waals surface area contributed by atoms with Crippen molar-refractivity contribution < 1.29 is 4.57 Å². The number of hydrogen-bond donors (Lipinski definition) is 0. The third kappa shape index (κ3) is 5.67. The van der Waals surface area contributed by atoms with Crippen LogP contribution < -0.4 is 0 Å². The minimum Gasteiger partial charge on any atom is -0.320 e. The molecule has 0 bridgehead atoms. The Labute approximate surface area is 61.1 Å². The highest BCUT2D eigenvalue weighted by molar-refractivity contribution is 7.42. The SMILES string of the molecule is CCCCC[PH](=O)N=[N+]=[N-]. The van der Waals surface area contributed by atoms with Gasteiger partial charge in [-0.05, 0) is 16.8 Å². The van der Waals surface area contributed by atoms with Gasteiger partial charge in [-0.15, -0.1) is 0 Å². The molecule has 0 saturated carbocycles. The standard InChI is InChI=1S/C5H12N3OP/c1-2-3-4-5-10(9)8-7-6/h10H,2-5H2,1H3. The Hall–Kier alpha value is -0.460. The van der Waals surface area contributed by atoms with Crippen LogP contribution in [0.3, 0.4) is 0 Å². The molecule has 1 unspecified atom stereocenters. The minimum atomic E-state index is -1.95. The van der Waals surface area contributed by atoms with Gasteiger partial charge in [0.15, 0.2) is 7.95 Å². The summed E-state index contributed by atoms with van der Waals surface area (Å²) in [6.45, 7) is 2.07. The maximum Gasteiger partial charge on any atom is 0.162 e. The smallest absolute Gasteiger partial charge is 0.162 e. The van der Waals surface area contributed by atoms with Crippen molar-refractivity contribution in [3.63, 3.8) is 0 Å². The van der Waals surface area contributed by atoms with E-state index in [4.69, 9.17) is 5.53 Å². The zero-order valence-corrected chi connectivity index (χ0v) is 7.08. The largest absolute Gasteiger partial charge is 0.320 e. The van der Waals surface area contributed by atoms with E-state index < -0.39 is 7.95 Å². The molecule has 0 rings (SSSR count). The van der Waals surface area contributed by atoms with Gasteiger partial charge >= 0.3 is 0 Å². The van der Waals surface area contributed by atoms with Gasteiger partial charge in [-0.3, -0.25) is 0 Å². The molecule has 0 aromatic heterocycles. The molecule has 0 amide bonds. The van der Waals surface area contributed by atoms with E-state index in [1.165, 1.54) is 0 Å². The summed E-state index contributed by atoms with van der Waals surface area (Å²) in [5.41, 5.74) is 7.88. The molecule has 5 heteroatoms. The molecule has 0 fully saturated rings. The van der Waals surface area contributed by atoms with Crippen LogP contribution in [0.5, 0.6) is 0 Å². The van der Waals surface area contributed by atoms with Crippen LogP contribution in [0.1, 0.15) is 26.2 Å². The Bertz CT molecular complexity index is 153. The Morgan fingerprint density at radius 1 is 1.60 bits per heavy atom. The molecular weight excluding hydrogens is 149 g/mol. The van der Waals surface area contributed by atoms with Crippen molar-refractivity contribution in [2.45, 2.75) is 26.2 Å². The average molecular weight is 161 g/mol. The van der Waals surface area contributed by atoms with Gasteiger partial charge in [0.2, 0.25) is 0 Å². The Kier molecular flexibility index (Phi) is 6.35. The van der Waals surface area contributed by atoms with Gasteiger partial charge < -0.3 is 4.57 Å². The summed E-state index contributed by atoms with van der Waals surface area (Å²) < 4.78 is 10.7. The van der Waals surface area contributed by atoms with Crippen LogP contribution in [-0.4, -0.2) is 6.16 Å². The first kappa shape index (κ1) is 9.54. The van der Waals surface area contributed by atoms with Crippen LogP contribution in [-0.2, 0) is 4.57 Å². The molecule has 0 aromatic rings. The first-order valence-corrected chi connectivity index (χ1v) is 4.95. The highest BCUT2D eigenvalue weighted by Crippen LogP contribution is 2.23. The predicted molar refractivity (Wildman–Crippen MR) is 42.5 cm³/mol. The highest BCUT2D eigenvalue weighted by atomic mass is 31.1. The minimum absolute atomic E-state index is 0.572. The van der Waals surface area contributed by atoms with Gasteiger partial charge in [0.25, 0.3) is 0 Å². The van der Waals surface area contributed by atoms with Crippen LogP contribution in [0.15, 0.2) is 4.88 Å². The van der Waals surface area contributed by atoms with E-state index in [1.54, 1.807) is 0 Å². The molecule has 0 heterocycles. The van der Waals surface area contributed by atoms with Gasteiger partial charge in [-0.1, -0.05) is 19.8 Å². The number of unbranched alkanes of at least 4 members (excludes halogenated alkanes) is 2. The van der Waals surface area contributed by atoms with Crippen molar-refractivity contribution >= 4 is 7.95 Å². The summed E-state index contributed by atoms with van der Waals surface area (Å²) >= 11 is 0. The summed E-state index contributed by atoms with van der Waals surface area (Å²) in [5.74, 6) is 0. The van der Waals surface area contributed by atoms with E-state index in [2.05, 4.69) is 16.7 Å². The quantitative estimate of drug-likeness (QED) is 0.201. The third-order valence-electron chi connectivity index (χ3n) is 1.15. The van der Waals surface area contributed by atoms with Crippen LogP contribution >= 0.6 is 7.95 Å². The average Bonchev–Trinajstić information content (AvgIpc) is 1.89. The zero-order valence-electron chi connectivity index (χ0n) is 6.08. The number of hydrogen-bond acceptors (Lipinski definition) is 1. The number of rotatable bonds is 5. The molecule has 0 N–H and O–H groups in total. The van der Waals surface area contributed by atoms with Gasteiger partial charge in [0.05, 0.1) is 0 Å². The molecule has 0 saturated heterocycles. The summed E-state index contributed by atoms with van der Waals surface area (Å²) in [6, 6.07) is 0. The van der Waals surface area contributed by atoms with Crippen molar-refractivity contribution in [3.8, 4) is 0 Å². The molecule has 0 aliphatic heterocycles. The summed E-state index contributed by atoms with van der Waals surface area (Å²) in [7, 11) is -1.95. The fourth-order valence-electron chi connectivity index (χ4n) is 0.626. The highest BCUT2D eigenvalue weighted by Gasteiger charge is 1.92. The molecular formula is C5H12N3OP. The van der Waals surface area contributed by atoms with E-state index >= 15 is 0 Å². The lowest BCUT2D eigenvalue weighted by Crippen LogP contribution is -1.75. The maximum atomic E-state index is 10.7. The van der Waals surface area contributed by atoms with Crippen molar-refractivity contribution in [1.29, 1.82) is 0 Å². The van der Waals surface area contributed by atoms with Crippen molar-refractivity contribution in [2.24, 2.45) is 4.88 Å². The number of azide groups is 1. The Morgan fingerprint density at radius 2 is 2.30 bits per heavy atom. The van der Waals surface area contributed by atoms with Crippen LogP contribution in [0.4, 0.5) is 0 Å². The molecule has 0 spiro atoms. The van der Waals surface area contributed by atoms with Crippen LogP contribution in [0.25, 0.3) is 10.4 Å². The first-order chi connectivity index (χ1) is 4.81. The Morgan fingerprint density at radius 3 is 2.80 bits per heavy atom. The third-order valence-corrected chi connectivity index (χ3v) is 2.24. The monoisotopic (exact) mass is 161 g/mol. The van der Waals surface area contributed by atoms with E-state index in [-0.39, 0.29) is 0 Å². The Balaban J connectivity index is 3.31. The summed E-state index contributed by atoms with van der Waals surface area (Å²) in [6.07, 6.45) is 3.65. The lowest BCUT2D eigenvalue weighted by atomic mass is 10.3. The second-order valence-corrected chi connectivity index (χ2v) is 3.53. The second kappa shape index (κ2) is 6.66. The van der Waals surface area contributed by atoms with Gasteiger partial charge in [-0.2, -0.15) is 0 Å². The maximum absolute atomic E-state index is 10.7. The van der Waals surface area contributed by atoms with Crippen molar-refractivity contribution in [3.05, 3.63) is 10.4 Å². The number of nitrogens with zero attached hydrogens (tertiary/aromatic N) is 3. The molecule has 58 valence electrons. The van der Waals surface area contributed by atoms with Crippen molar-refractivity contribution in [1.82, 2.24) is 0 Å². The second-order valence-electron chi connectivity index (χ2n) is 2.04. The fourth-order valence-corrected chi connectivity index (χ4v) is 1.38. The van der Waals surface area contributed by atoms with E-state index in [0.29, 0.717) is 6.16 Å². The zero-order chi connectivity index (χ0) is 7.82. The lowest BCUT2D eigenvalue weighted by molar-refractivity contribution is 0.585. The van der Waals surface area contributed by atoms with E-state index in [1.807, 2.05) is 0 Å². The fraction of sp³-hybridized carbons (Fsp3) is 1.00. The van der Waals surface area contributed by atoms with E-state index in [0.717, 1.165) is 19.3 Å². The summed E-state index contributed by atoms with van der Waals surface area (Å²) in [4.78, 5) is 5.60. The van der Waals surface area contributed by atoms with E-state index in [9.17, 15) is 4.57 Å². The molecule has 0 radical (unpaired) electrons. The van der Waals surface area contributed by atoms with Gasteiger partial charge in [0.1, 0.15) is 0 Å². The molecule has 4 nitrogen and oxygen atoms in total. The topological polar surface area (TPSA) is 65.8 Å². The van der Waals surface area contributed by atoms with Crippen LogP contribution in [0.2, 0.25) is 0 Å². The predicted octanol–water partition coefficient (Wildman–Crippen LogP) is 2.96. The van der Waals surface area contributed by atoms with Crippen LogP contribution in [0, 0.1) is 0 Å². The van der Waals surface area contributed by atoms with Gasteiger partial charge in [0, 0.05) is 11.1 Å². The molecule has 10 heavy (non-hydrogen) atoms. The molecule has 1 atom stereocenters. The molecule has 0 aliphatic carbocycles. The van der Waals surface area contributed by atoms with Gasteiger partial charge in [-0.25, -0.2) is 0 Å².